The number of hydrogen-bond acceptors (Lipinski definition) is 3. The van der Waals surface area contributed by atoms with Crippen molar-refractivity contribution < 1.29 is 13.6 Å². The van der Waals surface area contributed by atoms with Crippen LogP contribution in [-0.4, -0.2) is 50.2 Å². The average Bonchev–Trinajstić information content (AvgIpc) is 3.11. The molecule has 4 heterocycles. The lowest BCUT2D eigenvalue weighted by molar-refractivity contribution is -0.147. The molecular formula is C19H16Cl2F2N4O2. The number of carbonyl (C=O) groups excluding carboxylic acids is 1. The Morgan fingerprint density at radius 3 is 2.72 bits per heavy atom. The predicted molar refractivity (Wildman–Crippen MR) is 106 cm³/mol. The van der Waals surface area contributed by atoms with Crippen LogP contribution in [0.1, 0.15) is 5.69 Å². The Morgan fingerprint density at radius 1 is 1.34 bits per heavy atom. The van der Waals surface area contributed by atoms with Crippen molar-refractivity contribution >= 4 is 34.6 Å². The molecule has 0 unspecified atom stereocenters. The third-order valence-electron chi connectivity index (χ3n) is 5.03. The molecule has 0 N–H and O–H groups in total. The lowest BCUT2D eigenvalue weighted by atomic mass is 9.98. The lowest BCUT2D eigenvalue weighted by Crippen LogP contribution is -2.62. The second-order valence-corrected chi connectivity index (χ2v) is 7.95. The number of likely N-dealkylation sites (tertiary alicyclic amines) is 1. The van der Waals surface area contributed by atoms with E-state index in [0.717, 1.165) is 5.69 Å². The van der Waals surface area contributed by atoms with E-state index in [0.29, 0.717) is 16.6 Å². The molecule has 0 aromatic carbocycles. The number of hydrogen-bond donors (Lipinski definition) is 0. The van der Waals surface area contributed by atoms with E-state index >= 15 is 0 Å². The van der Waals surface area contributed by atoms with E-state index < -0.39 is 23.8 Å². The van der Waals surface area contributed by atoms with E-state index in [2.05, 4.69) is 4.98 Å². The zero-order valence-electron chi connectivity index (χ0n) is 15.3. The maximum Gasteiger partial charge on any atom is 0.275 e. The minimum Gasteiger partial charge on any atom is -0.334 e. The molecular weight excluding hydrogens is 425 g/mol. The number of carbonyl (C=O) groups is 1. The van der Waals surface area contributed by atoms with Gasteiger partial charge in [-0.15, -0.1) is 0 Å². The van der Waals surface area contributed by atoms with Crippen molar-refractivity contribution in [1.82, 2.24) is 18.9 Å². The third-order valence-corrected chi connectivity index (χ3v) is 5.71. The molecule has 3 aromatic heterocycles. The maximum absolute atomic E-state index is 13.7. The molecule has 4 rings (SSSR count). The largest absolute Gasteiger partial charge is 0.334 e. The van der Waals surface area contributed by atoms with Gasteiger partial charge in [-0.3, -0.25) is 9.59 Å². The van der Waals surface area contributed by atoms with Crippen LogP contribution >= 0.6 is 23.2 Å². The number of nitrogens with zero attached hydrogens (tertiary/aromatic N) is 4. The van der Waals surface area contributed by atoms with Crippen LogP contribution in [0.25, 0.3) is 16.6 Å². The molecule has 1 aliphatic rings. The fourth-order valence-electron chi connectivity index (χ4n) is 3.49. The summed E-state index contributed by atoms with van der Waals surface area (Å²) in [6, 6.07) is 3.37. The van der Waals surface area contributed by atoms with Crippen LogP contribution < -0.4 is 5.56 Å². The first-order valence-corrected chi connectivity index (χ1v) is 9.53. The SMILES string of the molecule is Cc1cn(CC(=O)N2CC(F)(CF)C2)c(=O)c2c(-c3cnc(Cl)c(Cl)c3)ccn12. The van der Waals surface area contributed by atoms with E-state index in [1.54, 1.807) is 35.9 Å². The Morgan fingerprint density at radius 2 is 2.07 bits per heavy atom. The molecule has 3 aromatic rings. The second kappa shape index (κ2) is 7.11. The summed E-state index contributed by atoms with van der Waals surface area (Å²) in [7, 11) is 0. The quantitative estimate of drug-likeness (QED) is 0.584. The number of fused-ring (bicyclic) bond motifs is 1. The highest BCUT2D eigenvalue weighted by molar-refractivity contribution is 6.41. The Kier molecular flexibility index (Phi) is 4.86. The van der Waals surface area contributed by atoms with Crippen LogP contribution in [0, 0.1) is 6.92 Å². The summed E-state index contributed by atoms with van der Waals surface area (Å²) < 4.78 is 29.3. The van der Waals surface area contributed by atoms with Crippen molar-refractivity contribution in [3.8, 4) is 11.1 Å². The first-order chi connectivity index (χ1) is 13.7. The first-order valence-electron chi connectivity index (χ1n) is 8.77. The van der Waals surface area contributed by atoms with Crippen LogP contribution in [0.5, 0.6) is 0 Å². The maximum atomic E-state index is 13.7. The average molecular weight is 441 g/mol. The molecule has 0 saturated carbocycles. The third kappa shape index (κ3) is 3.40. The molecule has 6 nitrogen and oxygen atoms in total. The summed E-state index contributed by atoms with van der Waals surface area (Å²) in [5.74, 6) is -0.443. The highest BCUT2D eigenvalue weighted by Crippen LogP contribution is 2.29. The van der Waals surface area contributed by atoms with Gasteiger partial charge in [0.1, 0.15) is 23.9 Å². The standard InChI is InChI=1S/C19H16Cl2F2N4O2/c1-11-6-25(7-15(28)26-9-19(23,8-22)10-26)18(29)16-13(2-3-27(11)16)12-4-14(20)17(21)24-5-12/h2-6H,7-10H2,1H3. The normalized spacial score (nSPS) is 15.6. The van der Waals surface area contributed by atoms with Crippen molar-refractivity contribution in [1.29, 1.82) is 0 Å². The van der Waals surface area contributed by atoms with Crippen LogP contribution in [0.2, 0.25) is 10.2 Å². The van der Waals surface area contributed by atoms with Crippen molar-refractivity contribution in [3.05, 3.63) is 56.9 Å². The number of pyridine rings is 1. The van der Waals surface area contributed by atoms with Crippen molar-refractivity contribution in [3.63, 3.8) is 0 Å². The van der Waals surface area contributed by atoms with Crippen LogP contribution in [0.4, 0.5) is 8.78 Å². The van der Waals surface area contributed by atoms with E-state index in [9.17, 15) is 18.4 Å². The van der Waals surface area contributed by atoms with Gasteiger partial charge < -0.3 is 13.9 Å². The zero-order valence-corrected chi connectivity index (χ0v) is 16.8. The summed E-state index contributed by atoms with van der Waals surface area (Å²) in [6.07, 6.45) is 4.81. The Balaban J connectivity index is 1.71. The zero-order chi connectivity index (χ0) is 20.9. The molecule has 0 spiro atoms. The molecule has 1 amide bonds. The summed E-state index contributed by atoms with van der Waals surface area (Å²) in [6.45, 7) is -0.202. The molecule has 0 atom stereocenters. The molecule has 0 radical (unpaired) electrons. The summed E-state index contributed by atoms with van der Waals surface area (Å²) in [5, 5.41) is 0.414. The van der Waals surface area contributed by atoms with Gasteiger partial charge in [0.05, 0.1) is 18.1 Å². The van der Waals surface area contributed by atoms with E-state index in [1.807, 2.05) is 0 Å². The van der Waals surface area contributed by atoms with Gasteiger partial charge >= 0.3 is 0 Å². The van der Waals surface area contributed by atoms with Gasteiger partial charge in [0.2, 0.25) is 5.91 Å². The summed E-state index contributed by atoms with van der Waals surface area (Å²) in [5.41, 5.74) is -0.0992. The van der Waals surface area contributed by atoms with E-state index in [1.165, 1.54) is 15.7 Å². The minimum absolute atomic E-state index is 0.157. The number of halogens is 4. The highest BCUT2D eigenvalue weighted by Gasteiger charge is 2.45. The van der Waals surface area contributed by atoms with E-state index in [4.69, 9.17) is 23.2 Å². The van der Waals surface area contributed by atoms with Crippen LogP contribution in [-0.2, 0) is 11.3 Å². The molecule has 1 aliphatic heterocycles. The number of alkyl halides is 2. The Labute approximate surface area is 174 Å². The van der Waals surface area contributed by atoms with Gasteiger partial charge in [0.15, 0.2) is 5.67 Å². The Bertz CT molecular complexity index is 1180. The van der Waals surface area contributed by atoms with Gasteiger partial charge in [-0.05, 0) is 19.1 Å². The highest BCUT2D eigenvalue weighted by atomic mass is 35.5. The van der Waals surface area contributed by atoms with Gasteiger partial charge in [0.25, 0.3) is 5.56 Å². The molecule has 1 saturated heterocycles. The minimum atomic E-state index is -1.98. The fraction of sp³-hybridized carbons (Fsp3) is 0.316. The number of amides is 1. The number of aromatic nitrogens is 3. The van der Waals surface area contributed by atoms with Gasteiger partial charge in [-0.1, -0.05) is 23.2 Å². The van der Waals surface area contributed by atoms with Gasteiger partial charge in [-0.25, -0.2) is 13.8 Å². The Hall–Kier alpha value is -2.45. The monoisotopic (exact) mass is 440 g/mol. The molecule has 29 heavy (non-hydrogen) atoms. The second-order valence-electron chi connectivity index (χ2n) is 7.18. The number of aryl methyl sites for hydroxylation is 1. The smallest absolute Gasteiger partial charge is 0.275 e. The first kappa shape index (κ1) is 19.8. The lowest BCUT2D eigenvalue weighted by Gasteiger charge is -2.42. The van der Waals surface area contributed by atoms with E-state index in [-0.39, 0.29) is 29.8 Å². The molecule has 152 valence electrons. The predicted octanol–water partition coefficient (Wildman–Crippen LogP) is 3.30. The van der Waals surface area contributed by atoms with Gasteiger partial charge in [0, 0.05) is 35.4 Å². The van der Waals surface area contributed by atoms with Crippen molar-refractivity contribution in [2.45, 2.75) is 19.1 Å². The summed E-state index contributed by atoms with van der Waals surface area (Å²) in [4.78, 5) is 30.7. The molecule has 0 bridgehead atoms. The fourth-order valence-corrected chi connectivity index (χ4v) is 3.76. The van der Waals surface area contributed by atoms with Crippen molar-refractivity contribution in [2.75, 3.05) is 19.8 Å². The molecule has 1 fully saturated rings. The topological polar surface area (TPSA) is 59.6 Å². The number of rotatable bonds is 4. The summed E-state index contributed by atoms with van der Waals surface area (Å²) >= 11 is 11.9. The van der Waals surface area contributed by atoms with Crippen LogP contribution in [0.3, 0.4) is 0 Å². The molecule has 0 aliphatic carbocycles. The van der Waals surface area contributed by atoms with Gasteiger partial charge in [-0.2, -0.15) is 0 Å². The molecule has 10 heteroatoms. The van der Waals surface area contributed by atoms with Crippen LogP contribution in [0.15, 0.2) is 35.5 Å². The van der Waals surface area contributed by atoms with Crippen molar-refractivity contribution in [2.24, 2.45) is 0 Å².